The zero-order valence-corrected chi connectivity index (χ0v) is 11.2. The predicted molar refractivity (Wildman–Crippen MR) is 66.2 cm³/mol. The van der Waals surface area contributed by atoms with Gasteiger partial charge < -0.3 is 15.4 Å². The molecule has 96 valence electrons. The molecule has 4 heteroatoms. The van der Waals surface area contributed by atoms with Crippen molar-refractivity contribution in [2.45, 2.75) is 46.3 Å². The van der Waals surface area contributed by atoms with Crippen molar-refractivity contribution < 1.29 is 9.53 Å². The van der Waals surface area contributed by atoms with Crippen molar-refractivity contribution in [1.82, 2.24) is 4.90 Å². The summed E-state index contributed by atoms with van der Waals surface area (Å²) >= 11 is 0. The fourth-order valence-electron chi connectivity index (χ4n) is 1.21. The highest BCUT2D eigenvalue weighted by molar-refractivity contribution is 5.80. The maximum Gasteiger partial charge on any atom is 0.251 e. The molecule has 0 saturated carbocycles. The van der Waals surface area contributed by atoms with Crippen LogP contribution in [0.1, 0.15) is 34.1 Å². The Bertz CT molecular complexity index is 207. The van der Waals surface area contributed by atoms with Gasteiger partial charge >= 0.3 is 0 Å². The van der Waals surface area contributed by atoms with Crippen molar-refractivity contribution in [1.29, 1.82) is 0 Å². The molecule has 2 N–H and O–H groups in total. The number of hydrogen-bond acceptors (Lipinski definition) is 3. The first-order valence-electron chi connectivity index (χ1n) is 5.98. The van der Waals surface area contributed by atoms with Crippen LogP contribution in [0.3, 0.4) is 0 Å². The minimum atomic E-state index is -0.377. The van der Waals surface area contributed by atoms with Gasteiger partial charge in [0.2, 0.25) is 0 Å². The van der Waals surface area contributed by atoms with Crippen LogP contribution in [0, 0.1) is 5.92 Å². The second-order valence-corrected chi connectivity index (χ2v) is 4.73. The van der Waals surface area contributed by atoms with Gasteiger partial charge in [0, 0.05) is 26.2 Å². The van der Waals surface area contributed by atoms with E-state index >= 15 is 0 Å². The quantitative estimate of drug-likeness (QED) is 0.716. The molecule has 0 aromatic heterocycles. The molecular weight excluding hydrogens is 204 g/mol. The van der Waals surface area contributed by atoms with E-state index in [1.165, 1.54) is 0 Å². The zero-order valence-electron chi connectivity index (χ0n) is 11.2. The normalized spacial score (nSPS) is 14.9. The van der Waals surface area contributed by atoms with Gasteiger partial charge in [0.1, 0.15) is 6.10 Å². The van der Waals surface area contributed by atoms with Crippen molar-refractivity contribution in [3.63, 3.8) is 0 Å². The lowest BCUT2D eigenvalue weighted by molar-refractivity contribution is -0.143. The lowest BCUT2D eigenvalue weighted by Gasteiger charge is -2.26. The summed E-state index contributed by atoms with van der Waals surface area (Å²) in [4.78, 5) is 13.5. The van der Waals surface area contributed by atoms with E-state index in [9.17, 15) is 4.79 Å². The number of nitrogens with two attached hydrogens (primary N) is 1. The molecule has 0 aliphatic heterocycles. The van der Waals surface area contributed by atoms with E-state index in [4.69, 9.17) is 10.5 Å². The van der Waals surface area contributed by atoms with Gasteiger partial charge in [-0.05, 0) is 26.2 Å². The molecule has 0 radical (unpaired) electrons. The van der Waals surface area contributed by atoms with Crippen molar-refractivity contribution in [3.8, 4) is 0 Å². The molecule has 2 unspecified atom stereocenters. The van der Waals surface area contributed by atoms with E-state index < -0.39 is 0 Å². The second kappa shape index (κ2) is 7.63. The van der Waals surface area contributed by atoms with Crippen LogP contribution >= 0.6 is 0 Å². The summed E-state index contributed by atoms with van der Waals surface area (Å²) in [6.07, 6.45) is 0.603. The van der Waals surface area contributed by atoms with Crippen molar-refractivity contribution in [2.75, 3.05) is 20.2 Å². The third-order valence-corrected chi connectivity index (χ3v) is 2.76. The number of likely N-dealkylation sites (N-methyl/N-ethyl adjacent to an activating group) is 1. The Kier molecular flexibility index (Phi) is 7.34. The van der Waals surface area contributed by atoms with E-state index in [-0.39, 0.29) is 18.1 Å². The summed E-state index contributed by atoms with van der Waals surface area (Å²) in [6, 6.07) is 0.0589. The summed E-state index contributed by atoms with van der Waals surface area (Å²) in [5, 5.41) is 0. The van der Waals surface area contributed by atoms with Crippen LogP contribution in [-0.2, 0) is 9.53 Å². The Morgan fingerprint density at radius 1 is 1.31 bits per heavy atom. The number of carbonyl (C=O) groups excluding carboxylic acids is 1. The molecule has 0 spiro atoms. The summed E-state index contributed by atoms with van der Waals surface area (Å²) in [5.41, 5.74) is 5.52. The van der Waals surface area contributed by atoms with Gasteiger partial charge in [-0.1, -0.05) is 13.8 Å². The minimum Gasteiger partial charge on any atom is -0.369 e. The number of hydrogen-bond donors (Lipinski definition) is 1. The van der Waals surface area contributed by atoms with E-state index in [1.807, 2.05) is 6.92 Å². The van der Waals surface area contributed by atoms with Gasteiger partial charge in [-0.25, -0.2) is 0 Å². The first kappa shape index (κ1) is 15.4. The zero-order chi connectivity index (χ0) is 12.7. The van der Waals surface area contributed by atoms with Crippen molar-refractivity contribution >= 4 is 5.91 Å². The van der Waals surface area contributed by atoms with Crippen LogP contribution in [0.15, 0.2) is 0 Å². The van der Waals surface area contributed by atoms with Gasteiger partial charge in [-0.15, -0.1) is 0 Å². The Morgan fingerprint density at radius 2 is 1.88 bits per heavy atom. The Labute approximate surface area is 99.1 Å². The van der Waals surface area contributed by atoms with Crippen LogP contribution in [0.5, 0.6) is 0 Å². The van der Waals surface area contributed by atoms with Gasteiger partial charge in [0.05, 0.1) is 0 Å². The summed E-state index contributed by atoms with van der Waals surface area (Å²) in [6.45, 7) is 9.11. The molecule has 2 atom stereocenters. The monoisotopic (exact) mass is 230 g/mol. The standard InChI is InChI=1S/C12H26N2O2/c1-9(2)6-7-16-11(4)12(15)14(5)10(3)8-13/h9-11H,6-8,13H2,1-5H3. The maximum absolute atomic E-state index is 11.9. The summed E-state index contributed by atoms with van der Waals surface area (Å²) < 4.78 is 5.50. The highest BCUT2D eigenvalue weighted by Crippen LogP contribution is 2.05. The van der Waals surface area contributed by atoms with Gasteiger partial charge in [0.15, 0.2) is 0 Å². The molecule has 1 amide bonds. The average molecular weight is 230 g/mol. The number of ether oxygens (including phenoxy) is 1. The third kappa shape index (κ3) is 5.47. The topological polar surface area (TPSA) is 55.6 Å². The van der Waals surface area contributed by atoms with Crippen LogP contribution in [0.4, 0.5) is 0 Å². The molecule has 0 fully saturated rings. The number of amides is 1. The fourth-order valence-corrected chi connectivity index (χ4v) is 1.21. The first-order valence-corrected chi connectivity index (χ1v) is 5.98. The summed E-state index contributed by atoms with van der Waals surface area (Å²) in [7, 11) is 1.77. The van der Waals surface area contributed by atoms with Gasteiger partial charge in [-0.2, -0.15) is 0 Å². The van der Waals surface area contributed by atoms with E-state index in [0.29, 0.717) is 19.1 Å². The molecular formula is C12H26N2O2. The number of rotatable bonds is 7. The molecule has 4 nitrogen and oxygen atoms in total. The molecule has 0 aromatic rings. The summed E-state index contributed by atoms with van der Waals surface area (Å²) in [5.74, 6) is 0.602. The Balaban J connectivity index is 3.98. The highest BCUT2D eigenvalue weighted by Gasteiger charge is 2.21. The molecule has 0 aromatic carbocycles. The van der Waals surface area contributed by atoms with Crippen molar-refractivity contribution in [3.05, 3.63) is 0 Å². The number of nitrogens with zero attached hydrogens (tertiary/aromatic N) is 1. The van der Waals surface area contributed by atoms with Gasteiger partial charge in [-0.3, -0.25) is 4.79 Å². The maximum atomic E-state index is 11.9. The van der Waals surface area contributed by atoms with E-state index in [2.05, 4.69) is 13.8 Å². The molecule has 0 saturated heterocycles. The molecule has 0 aliphatic rings. The molecule has 0 heterocycles. The highest BCUT2D eigenvalue weighted by atomic mass is 16.5. The molecule has 0 rings (SSSR count). The lowest BCUT2D eigenvalue weighted by Crippen LogP contribution is -2.44. The lowest BCUT2D eigenvalue weighted by atomic mass is 10.1. The SMILES string of the molecule is CC(C)CCOC(C)C(=O)N(C)C(C)CN. The Hall–Kier alpha value is -0.610. The second-order valence-electron chi connectivity index (χ2n) is 4.73. The Morgan fingerprint density at radius 3 is 2.31 bits per heavy atom. The van der Waals surface area contributed by atoms with Crippen molar-refractivity contribution in [2.24, 2.45) is 11.7 Å². The molecule has 0 bridgehead atoms. The largest absolute Gasteiger partial charge is 0.369 e. The fraction of sp³-hybridized carbons (Fsp3) is 0.917. The van der Waals surface area contributed by atoms with Crippen LogP contribution in [0.2, 0.25) is 0 Å². The minimum absolute atomic E-state index is 0.00158. The predicted octanol–water partition coefficient (Wildman–Crippen LogP) is 1.24. The number of carbonyl (C=O) groups is 1. The van der Waals surface area contributed by atoms with Crippen LogP contribution < -0.4 is 5.73 Å². The van der Waals surface area contributed by atoms with E-state index in [1.54, 1.807) is 18.9 Å². The average Bonchev–Trinajstić information content (AvgIpc) is 2.25. The molecule has 16 heavy (non-hydrogen) atoms. The van der Waals surface area contributed by atoms with Crippen LogP contribution in [-0.4, -0.2) is 43.2 Å². The van der Waals surface area contributed by atoms with Crippen LogP contribution in [0.25, 0.3) is 0 Å². The third-order valence-electron chi connectivity index (χ3n) is 2.76. The first-order chi connectivity index (χ1) is 7.40. The smallest absolute Gasteiger partial charge is 0.251 e. The molecule has 0 aliphatic carbocycles. The van der Waals surface area contributed by atoms with Gasteiger partial charge in [0.25, 0.3) is 5.91 Å². The van der Waals surface area contributed by atoms with E-state index in [0.717, 1.165) is 6.42 Å².